The molecule has 0 amide bonds. The largest absolute Gasteiger partial charge is 0.416 e. The maximum absolute atomic E-state index is 12.8. The number of hydrogen-bond donors (Lipinski definition) is 2. The van der Waals surface area contributed by atoms with E-state index in [1.54, 1.807) is 13.8 Å². The number of aliphatic hydroxyl groups is 2. The van der Waals surface area contributed by atoms with E-state index in [2.05, 4.69) is 4.90 Å². The van der Waals surface area contributed by atoms with Gasteiger partial charge in [0.2, 0.25) is 10.0 Å². The normalized spacial score (nSPS) is 22.0. The van der Waals surface area contributed by atoms with E-state index in [0.717, 1.165) is 62.9 Å². The lowest BCUT2D eigenvalue weighted by Crippen LogP contribution is -2.38. The summed E-state index contributed by atoms with van der Waals surface area (Å²) in [5, 5.41) is 19.3. The minimum atomic E-state index is -4.50. The highest BCUT2D eigenvalue weighted by Gasteiger charge is 2.32. The highest BCUT2D eigenvalue weighted by atomic mass is 32.2. The van der Waals surface area contributed by atoms with Gasteiger partial charge in [-0.15, -0.1) is 0 Å². The van der Waals surface area contributed by atoms with Gasteiger partial charge in [0.1, 0.15) is 0 Å². The molecule has 1 aromatic carbocycles. The highest BCUT2D eigenvalue weighted by molar-refractivity contribution is 7.89. The first-order valence-electron chi connectivity index (χ1n) is 11.5. The van der Waals surface area contributed by atoms with Crippen LogP contribution in [0.2, 0.25) is 0 Å². The summed E-state index contributed by atoms with van der Waals surface area (Å²) in [7, 11) is -2.37. The van der Waals surface area contributed by atoms with Crippen molar-refractivity contribution in [3.05, 3.63) is 29.8 Å². The Hall–Kier alpha value is -1.20. The van der Waals surface area contributed by atoms with Crippen molar-refractivity contribution in [3.63, 3.8) is 0 Å². The van der Waals surface area contributed by atoms with Gasteiger partial charge in [0.25, 0.3) is 0 Å². The van der Waals surface area contributed by atoms with Crippen molar-refractivity contribution >= 4 is 10.0 Å². The lowest BCUT2D eigenvalue weighted by Gasteiger charge is -2.32. The summed E-state index contributed by atoms with van der Waals surface area (Å²) >= 11 is 0. The molecule has 1 aromatic rings. The number of halogens is 3. The van der Waals surface area contributed by atoms with Crippen LogP contribution in [0.1, 0.15) is 51.5 Å². The molecule has 0 heterocycles. The molecule has 0 spiro atoms. The third-order valence-electron chi connectivity index (χ3n) is 6.27. The molecule has 0 aliphatic heterocycles. The Kier molecular flexibility index (Phi) is 10.2. The average molecular weight is 495 g/mol. The second-order valence-corrected chi connectivity index (χ2v) is 11.5. The van der Waals surface area contributed by atoms with Crippen molar-refractivity contribution in [2.75, 3.05) is 33.2 Å². The van der Waals surface area contributed by atoms with Crippen molar-refractivity contribution in [3.8, 4) is 0 Å². The Labute approximate surface area is 195 Å². The summed E-state index contributed by atoms with van der Waals surface area (Å²) < 4.78 is 65.0. The Morgan fingerprint density at radius 3 is 1.91 bits per heavy atom. The molecule has 2 N–H and O–H groups in total. The number of alkyl halides is 3. The van der Waals surface area contributed by atoms with E-state index in [4.69, 9.17) is 0 Å². The van der Waals surface area contributed by atoms with Crippen LogP contribution in [0.4, 0.5) is 13.2 Å². The first kappa shape index (κ1) is 28.0. The van der Waals surface area contributed by atoms with Crippen LogP contribution < -0.4 is 0 Å². The third kappa shape index (κ3) is 8.83. The molecule has 10 heteroatoms. The maximum atomic E-state index is 12.8. The van der Waals surface area contributed by atoms with Gasteiger partial charge in [0, 0.05) is 26.7 Å². The molecular weight excluding hydrogens is 457 g/mol. The van der Waals surface area contributed by atoms with E-state index in [0.29, 0.717) is 25.6 Å². The summed E-state index contributed by atoms with van der Waals surface area (Å²) in [6.07, 6.45) is -0.702. The van der Waals surface area contributed by atoms with E-state index >= 15 is 0 Å². The van der Waals surface area contributed by atoms with Gasteiger partial charge in [-0.05, 0) is 75.8 Å². The molecular formula is C23H37F3N2O4S. The highest BCUT2D eigenvalue weighted by Crippen LogP contribution is 2.33. The second-order valence-electron chi connectivity index (χ2n) is 9.44. The maximum Gasteiger partial charge on any atom is 0.416 e. The predicted octanol–water partition coefficient (Wildman–Crippen LogP) is 3.59. The first-order chi connectivity index (χ1) is 15.3. The molecule has 1 fully saturated rings. The summed E-state index contributed by atoms with van der Waals surface area (Å²) in [5.41, 5.74) is -0.872. The van der Waals surface area contributed by atoms with Gasteiger partial charge in [-0.1, -0.05) is 12.8 Å². The van der Waals surface area contributed by atoms with Gasteiger partial charge >= 0.3 is 6.18 Å². The molecule has 0 radical (unpaired) electrons. The van der Waals surface area contributed by atoms with E-state index < -0.39 is 34.0 Å². The fraction of sp³-hybridized carbons (Fsp3) is 0.739. The Balaban J connectivity index is 1.84. The number of nitrogens with zero attached hydrogens (tertiary/aromatic N) is 2. The summed E-state index contributed by atoms with van der Waals surface area (Å²) in [5.74, 6) is 0.727. The second kappa shape index (κ2) is 12.0. The molecule has 0 bridgehead atoms. The number of benzene rings is 1. The fourth-order valence-electron chi connectivity index (χ4n) is 4.53. The van der Waals surface area contributed by atoms with Crippen molar-refractivity contribution in [2.45, 2.75) is 69.2 Å². The molecule has 190 valence electrons. The van der Waals surface area contributed by atoms with Gasteiger partial charge < -0.3 is 10.2 Å². The first-order valence-corrected chi connectivity index (χ1v) is 12.9. The number of rotatable bonds is 11. The van der Waals surface area contributed by atoms with Crippen LogP contribution in [-0.2, 0) is 16.2 Å². The zero-order valence-corrected chi connectivity index (χ0v) is 20.4. The SMILES string of the molecule is CC(O)CN(CCC1CCC(CN(C)S(=O)(=O)c2ccc(C(F)(F)F)cc2)CC1)CC(C)O. The number of aliphatic hydroxyl groups excluding tert-OH is 2. The standard InChI is InChI=1S/C23H37F3N2O4S/c1-17(29)14-28(15-18(2)30)13-12-19-4-6-20(7-5-19)16-27(3)33(31,32)22-10-8-21(9-11-22)23(24,25)26/h8-11,17-20,29-30H,4-7,12-16H2,1-3H3. The number of sulfonamides is 1. The monoisotopic (exact) mass is 494 g/mol. The topological polar surface area (TPSA) is 81.1 Å². The van der Waals surface area contributed by atoms with Gasteiger partial charge in [0.15, 0.2) is 0 Å². The quantitative estimate of drug-likeness (QED) is 0.492. The molecule has 33 heavy (non-hydrogen) atoms. The van der Waals surface area contributed by atoms with Crippen molar-refractivity contribution < 1.29 is 31.8 Å². The molecule has 0 aromatic heterocycles. The molecule has 1 saturated carbocycles. The molecule has 2 atom stereocenters. The minimum Gasteiger partial charge on any atom is -0.392 e. The molecule has 6 nitrogen and oxygen atoms in total. The summed E-state index contributed by atoms with van der Waals surface area (Å²) in [6.45, 7) is 5.64. The van der Waals surface area contributed by atoms with E-state index in [1.165, 1.54) is 11.4 Å². The summed E-state index contributed by atoms with van der Waals surface area (Å²) in [4.78, 5) is 1.94. The zero-order valence-electron chi connectivity index (χ0n) is 19.6. The van der Waals surface area contributed by atoms with Gasteiger partial charge in [-0.25, -0.2) is 12.7 Å². The van der Waals surface area contributed by atoms with E-state index in [1.807, 2.05) is 0 Å². The average Bonchev–Trinajstić information content (AvgIpc) is 2.71. The Morgan fingerprint density at radius 2 is 1.45 bits per heavy atom. The van der Waals surface area contributed by atoms with Crippen LogP contribution >= 0.6 is 0 Å². The molecule has 2 unspecified atom stereocenters. The van der Waals surface area contributed by atoms with Crippen molar-refractivity contribution in [1.82, 2.24) is 9.21 Å². The van der Waals surface area contributed by atoms with Gasteiger partial charge in [-0.2, -0.15) is 13.2 Å². The molecule has 1 aliphatic rings. The van der Waals surface area contributed by atoms with Crippen molar-refractivity contribution in [1.29, 1.82) is 0 Å². The van der Waals surface area contributed by atoms with Crippen molar-refractivity contribution in [2.24, 2.45) is 11.8 Å². The van der Waals surface area contributed by atoms with Crippen LogP contribution in [0.25, 0.3) is 0 Å². The lowest BCUT2D eigenvalue weighted by molar-refractivity contribution is -0.137. The van der Waals surface area contributed by atoms with Gasteiger partial charge in [-0.3, -0.25) is 4.90 Å². The molecule has 2 rings (SSSR count). The smallest absolute Gasteiger partial charge is 0.392 e. The van der Waals surface area contributed by atoms with Crippen LogP contribution in [0, 0.1) is 11.8 Å². The number of hydrogen-bond acceptors (Lipinski definition) is 5. The minimum absolute atomic E-state index is 0.136. The zero-order chi connectivity index (χ0) is 24.8. The van der Waals surface area contributed by atoms with Crippen LogP contribution in [0.5, 0.6) is 0 Å². The molecule has 1 aliphatic carbocycles. The van der Waals surface area contributed by atoms with E-state index in [9.17, 15) is 31.8 Å². The Morgan fingerprint density at radius 1 is 0.970 bits per heavy atom. The Bertz CT molecular complexity index is 811. The van der Waals surface area contributed by atoms with Crippen LogP contribution in [0.3, 0.4) is 0 Å². The van der Waals surface area contributed by atoms with Gasteiger partial charge in [0.05, 0.1) is 22.7 Å². The van der Waals surface area contributed by atoms with E-state index in [-0.39, 0.29) is 10.8 Å². The predicted molar refractivity (Wildman–Crippen MR) is 121 cm³/mol. The third-order valence-corrected chi connectivity index (χ3v) is 8.11. The van der Waals surface area contributed by atoms with Crippen LogP contribution in [-0.4, -0.2) is 73.3 Å². The lowest BCUT2D eigenvalue weighted by atomic mass is 9.80. The summed E-state index contributed by atoms with van der Waals surface area (Å²) in [6, 6.07) is 3.62. The van der Waals surface area contributed by atoms with Crippen LogP contribution in [0.15, 0.2) is 29.2 Å². The fourth-order valence-corrected chi connectivity index (χ4v) is 5.78. The molecule has 0 saturated heterocycles.